The number of nitrogens with zero attached hydrogens (tertiary/aromatic N) is 2. The normalized spacial score (nSPS) is 17.9. The first kappa shape index (κ1) is 9.21. The topological polar surface area (TPSA) is 64.3 Å². The molecule has 0 atom stereocenters. The van der Waals surface area contributed by atoms with Crippen molar-refractivity contribution in [2.45, 2.75) is 18.4 Å². The van der Waals surface area contributed by atoms with Gasteiger partial charge in [-0.2, -0.15) is 5.10 Å². The van der Waals surface area contributed by atoms with Gasteiger partial charge < -0.3 is 9.84 Å². The monoisotopic (exact) mass is 196 g/mol. The Labute approximate surface area is 81.3 Å². The van der Waals surface area contributed by atoms with Gasteiger partial charge in [0.25, 0.3) is 0 Å². The van der Waals surface area contributed by atoms with Crippen LogP contribution in [-0.2, 0) is 17.4 Å². The molecule has 1 fully saturated rings. The fourth-order valence-corrected chi connectivity index (χ4v) is 1.60. The van der Waals surface area contributed by atoms with Gasteiger partial charge >= 0.3 is 5.97 Å². The van der Waals surface area contributed by atoms with E-state index in [1.165, 1.54) is 18.0 Å². The van der Waals surface area contributed by atoms with Crippen molar-refractivity contribution in [2.24, 2.45) is 7.05 Å². The summed E-state index contributed by atoms with van der Waals surface area (Å²) in [6.07, 6.45) is 2.78. The molecule has 0 saturated heterocycles. The molecule has 1 aromatic rings. The van der Waals surface area contributed by atoms with E-state index in [1.807, 2.05) is 0 Å². The van der Waals surface area contributed by atoms with Crippen molar-refractivity contribution in [3.8, 4) is 0 Å². The molecule has 0 aromatic carbocycles. The van der Waals surface area contributed by atoms with Gasteiger partial charge in [-0.3, -0.25) is 4.68 Å². The van der Waals surface area contributed by atoms with Crippen LogP contribution < -0.4 is 0 Å². The predicted octanol–water partition coefficient (Wildman–Crippen LogP) is 0.188. The van der Waals surface area contributed by atoms with Gasteiger partial charge in [0.05, 0.1) is 19.0 Å². The van der Waals surface area contributed by atoms with Gasteiger partial charge in [-0.1, -0.05) is 0 Å². The summed E-state index contributed by atoms with van der Waals surface area (Å²) < 4.78 is 6.14. The van der Waals surface area contributed by atoms with E-state index in [0.29, 0.717) is 24.1 Å². The minimum absolute atomic E-state index is 0.356. The number of esters is 1. The summed E-state index contributed by atoms with van der Waals surface area (Å²) >= 11 is 0. The molecule has 1 aliphatic carbocycles. The van der Waals surface area contributed by atoms with Crippen molar-refractivity contribution in [3.05, 3.63) is 17.5 Å². The van der Waals surface area contributed by atoms with Gasteiger partial charge in [-0.05, 0) is 12.8 Å². The van der Waals surface area contributed by atoms with Gasteiger partial charge in [0, 0.05) is 7.05 Å². The maximum Gasteiger partial charge on any atom is 0.341 e. The van der Waals surface area contributed by atoms with Gasteiger partial charge in [-0.15, -0.1) is 0 Å². The Kier molecular flexibility index (Phi) is 1.85. The molecule has 1 saturated carbocycles. The van der Waals surface area contributed by atoms with Gasteiger partial charge in [-0.25, -0.2) is 4.79 Å². The highest BCUT2D eigenvalue weighted by atomic mass is 16.5. The van der Waals surface area contributed by atoms with E-state index >= 15 is 0 Å². The third-order valence-electron chi connectivity index (χ3n) is 2.51. The second-order valence-corrected chi connectivity index (χ2v) is 3.55. The Bertz CT molecular complexity index is 379. The highest BCUT2D eigenvalue weighted by Crippen LogP contribution is 2.46. The van der Waals surface area contributed by atoms with Crippen LogP contribution in [0, 0.1) is 0 Å². The van der Waals surface area contributed by atoms with E-state index in [4.69, 9.17) is 0 Å². The van der Waals surface area contributed by atoms with Crippen LogP contribution in [0.1, 0.15) is 28.9 Å². The zero-order valence-electron chi connectivity index (χ0n) is 8.15. The van der Waals surface area contributed by atoms with E-state index in [0.717, 1.165) is 0 Å². The van der Waals surface area contributed by atoms with Gasteiger partial charge in [0.1, 0.15) is 11.2 Å². The molecule has 0 radical (unpaired) electrons. The molecule has 14 heavy (non-hydrogen) atoms. The molecule has 1 aliphatic rings. The van der Waals surface area contributed by atoms with Crippen molar-refractivity contribution in [2.75, 3.05) is 7.11 Å². The van der Waals surface area contributed by atoms with Crippen molar-refractivity contribution in [1.29, 1.82) is 0 Å². The summed E-state index contributed by atoms with van der Waals surface area (Å²) in [7, 11) is 3.02. The largest absolute Gasteiger partial charge is 0.465 e. The molecule has 1 N–H and O–H groups in total. The summed E-state index contributed by atoms with van der Waals surface area (Å²) in [5, 5.41) is 13.9. The molecule has 0 spiro atoms. The second-order valence-electron chi connectivity index (χ2n) is 3.55. The van der Waals surface area contributed by atoms with Crippen LogP contribution in [0.5, 0.6) is 0 Å². The number of aliphatic hydroxyl groups is 1. The highest BCUT2D eigenvalue weighted by Gasteiger charge is 2.47. The van der Waals surface area contributed by atoms with Crippen LogP contribution in [0.2, 0.25) is 0 Å². The minimum atomic E-state index is -0.866. The molecular formula is C9H12N2O3. The quantitative estimate of drug-likeness (QED) is 0.686. The predicted molar refractivity (Wildman–Crippen MR) is 47.7 cm³/mol. The van der Waals surface area contributed by atoms with Crippen LogP contribution in [0.15, 0.2) is 6.20 Å². The first-order chi connectivity index (χ1) is 6.58. The van der Waals surface area contributed by atoms with Crippen molar-refractivity contribution < 1.29 is 14.6 Å². The lowest BCUT2D eigenvalue weighted by atomic mass is 10.1. The molecule has 76 valence electrons. The number of aromatic nitrogens is 2. The Morgan fingerprint density at radius 2 is 2.36 bits per heavy atom. The highest BCUT2D eigenvalue weighted by molar-refractivity contribution is 5.90. The number of carbonyl (C=O) groups is 1. The van der Waals surface area contributed by atoms with E-state index in [9.17, 15) is 9.90 Å². The molecule has 0 bridgehead atoms. The van der Waals surface area contributed by atoms with E-state index < -0.39 is 11.6 Å². The lowest BCUT2D eigenvalue weighted by molar-refractivity contribution is 0.0588. The van der Waals surface area contributed by atoms with Crippen molar-refractivity contribution in [1.82, 2.24) is 9.78 Å². The second kappa shape index (κ2) is 2.81. The Hall–Kier alpha value is -1.36. The lowest BCUT2D eigenvalue weighted by Gasteiger charge is -2.10. The molecule has 2 rings (SSSR count). The average Bonchev–Trinajstić information content (AvgIpc) is 2.76. The number of rotatable bonds is 2. The van der Waals surface area contributed by atoms with Crippen LogP contribution in [0.25, 0.3) is 0 Å². The van der Waals surface area contributed by atoms with E-state index in [2.05, 4.69) is 9.84 Å². The summed E-state index contributed by atoms with van der Waals surface area (Å²) in [4.78, 5) is 11.3. The molecule has 0 aliphatic heterocycles. The SMILES string of the molecule is COC(=O)c1cnn(C)c1C1(O)CC1. The number of carbonyl (C=O) groups excluding carboxylic acids is 1. The molecule has 1 aromatic heterocycles. The zero-order chi connectivity index (χ0) is 10.3. The number of aryl methyl sites for hydroxylation is 1. The Morgan fingerprint density at radius 1 is 1.71 bits per heavy atom. The third-order valence-corrected chi connectivity index (χ3v) is 2.51. The molecule has 1 heterocycles. The Balaban J connectivity index is 2.46. The summed E-state index contributed by atoms with van der Waals surface area (Å²) in [6, 6.07) is 0. The number of hydrogen-bond donors (Lipinski definition) is 1. The van der Waals surface area contributed by atoms with Gasteiger partial charge in [0.2, 0.25) is 0 Å². The molecular weight excluding hydrogens is 184 g/mol. The molecule has 5 heteroatoms. The van der Waals surface area contributed by atoms with Crippen LogP contribution in [0.3, 0.4) is 0 Å². The number of methoxy groups -OCH3 is 1. The van der Waals surface area contributed by atoms with Crippen molar-refractivity contribution >= 4 is 5.97 Å². The van der Waals surface area contributed by atoms with Crippen LogP contribution in [0.4, 0.5) is 0 Å². The van der Waals surface area contributed by atoms with E-state index in [-0.39, 0.29) is 0 Å². The molecule has 0 unspecified atom stereocenters. The fourth-order valence-electron chi connectivity index (χ4n) is 1.60. The maximum atomic E-state index is 11.3. The average molecular weight is 196 g/mol. The number of hydrogen-bond acceptors (Lipinski definition) is 4. The third kappa shape index (κ3) is 1.21. The fraction of sp³-hybridized carbons (Fsp3) is 0.556. The lowest BCUT2D eigenvalue weighted by Crippen LogP contribution is -2.16. The van der Waals surface area contributed by atoms with Crippen LogP contribution >= 0.6 is 0 Å². The first-order valence-electron chi connectivity index (χ1n) is 4.41. The molecule has 0 amide bonds. The van der Waals surface area contributed by atoms with E-state index in [1.54, 1.807) is 7.05 Å². The van der Waals surface area contributed by atoms with Gasteiger partial charge in [0.15, 0.2) is 0 Å². The minimum Gasteiger partial charge on any atom is -0.465 e. The van der Waals surface area contributed by atoms with Crippen LogP contribution in [-0.4, -0.2) is 28.0 Å². The smallest absolute Gasteiger partial charge is 0.341 e. The first-order valence-corrected chi connectivity index (χ1v) is 4.41. The summed E-state index contributed by atoms with van der Waals surface area (Å²) in [5.74, 6) is -0.451. The zero-order valence-corrected chi connectivity index (χ0v) is 8.15. The Morgan fingerprint density at radius 3 is 2.86 bits per heavy atom. The maximum absolute atomic E-state index is 11.3. The number of ether oxygens (including phenoxy) is 1. The standard InChI is InChI=1S/C9H12N2O3/c1-11-7(9(13)3-4-9)6(5-10-11)8(12)14-2/h5,13H,3-4H2,1-2H3. The van der Waals surface area contributed by atoms with Crippen molar-refractivity contribution in [3.63, 3.8) is 0 Å². The molecule has 5 nitrogen and oxygen atoms in total. The summed E-state index contributed by atoms with van der Waals surface area (Å²) in [5.41, 5.74) is 0.0498. The summed E-state index contributed by atoms with van der Waals surface area (Å²) in [6.45, 7) is 0.